The SMILES string of the molecule is CCCNCC(C)(Cc1cccc(F)c1Br)C1CC1. The smallest absolute Gasteiger partial charge is 0.137 e. The summed E-state index contributed by atoms with van der Waals surface area (Å²) in [5.74, 6) is 0.629. The second-order valence-electron chi connectivity index (χ2n) is 5.99. The minimum atomic E-state index is -0.155. The zero-order valence-electron chi connectivity index (χ0n) is 11.8. The van der Waals surface area contributed by atoms with E-state index in [-0.39, 0.29) is 11.2 Å². The fourth-order valence-corrected chi connectivity index (χ4v) is 3.21. The highest BCUT2D eigenvalue weighted by Gasteiger charge is 2.41. The number of halogens is 2. The van der Waals surface area contributed by atoms with Gasteiger partial charge < -0.3 is 5.32 Å². The molecule has 1 aromatic rings. The number of benzene rings is 1. The second-order valence-corrected chi connectivity index (χ2v) is 6.79. The van der Waals surface area contributed by atoms with Crippen LogP contribution in [0.2, 0.25) is 0 Å². The Morgan fingerprint density at radius 2 is 2.16 bits per heavy atom. The van der Waals surface area contributed by atoms with Crippen molar-refractivity contribution in [3.8, 4) is 0 Å². The van der Waals surface area contributed by atoms with E-state index in [1.54, 1.807) is 0 Å². The summed E-state index contributed by atoms with van der Waals surface area (Å²) in [6.07, 6.45) is 4.73. The van der Waals surface area contributed by atoms with E-state index in [0.717, 1.165) is 37.4 Å². The van der Waals surface area contributed by atoms with Gasteiger partial charge in [-0.15, -0.1) is 0 Å². The van der Waals surface area contributed by atoms with Crippen molar-refractivity contribution < 1.29 is 4.39 Å². The van der Waals surface area contributed by atoms with Gasteiger partial charge >= 0.3 is 0 Å². The molecule has 3 heteroatoms. The van der Waals surface area contributed by atoms with Gasteiger partial charge in [0, 0.05) is 6.54 Å². The van der Waals surface area contributed by atoms with Crippen LogP contribution in [0.15, 0.2) is 22.7 Å². The summed E-state index contributed by atoms with van der Waals surface area (Å²) in [5.41, 5.74) is 1.33. The number of hydrogen-bond donors (Lipinski definition) is 1. The van der Waals surface area contributed by atoms with Crippen LogP contribution in [0.3, 0.4) is 0 Å². The molecule has 0 amide bonds. The van der Waals surface area contributed by atoms with Crippen LogP contribution >= 0.6 is 15.9 Å². The molecule has 0 aliphatic heterocycles. The summed E-state index contributed by atoms with van der Waals surface area (Å²) in [4.78, 5) is 0. The molecule has 0 aromatic heterocycles. The van der Waals surface area contributed by atoms with Crippen LogP contribution in [-0.4, -0.2) is 13.1 Å². The molecule has 1 aliphatic carbocycles. The molecular formula is C16H23BrFN. The van der Waals surface area contributed by atoms with Gasteiger partial charge in [0.1, 0.15) is 5.82 Å². The van der Waals surface area contributed by atoms with Crippen molar-refractivity contribution in [2.24, 2.45) is 11.3 Å². The van der Waals surface area contributed by atoms with Gasteiger partial charge in [0.2, 0.25) is 0 Å². The molecule has 19 heavy (non-hydrogen) atoms. The number of rotatable bonds is 7. The number of hydrogen-bond acceptors (Lipinski definition) is 1. The average molecular weight is 328 g/mol. The minimum Gasteiger partial charge on any atom is -0.316 e. The summed E-state index contributed by atoms with van der Waals surface area (Å²) >= 11 is 3.39. The first-order chi connectivity index (χ1) is 9.07. The Kier molecular flexibility index (Phi) is 5.02. The maximum Gasteiger partial charge on any atom is 0.137 e. The monoisotopic (exact) mass is 327 g/mol. The first-order valence-electron chi connectivity index (χ1n) is 7.20. The fraction of sp³-hybridized carbons (Fsp3) is 0.625. The lowest BCUT2D eigenvalue weighted by Gasteiger charge is -2.31. The van der Waals surface area contributed by atoms with Crippen LogP contribution < -0.4 is 5.32 Å². The van der Waals surface area contributed by atoms with Crippen LogP contribution in [0, 0.1) is 17.2 Å². The molecule has 1 aliphatic rings. The lowest BCUT2D eigenvalue weighted by molar-refractivity contribution is 0.255. The van der Waals surface area contributed by atoms with Crippen molar-refractivity contribution >= 4 is 15.9 Å². The van der Waals surface area contributed by atoms with E-state index < -0.39 is 0 Å². The van der Waals surface area contributed by atoms with Crippen molar-refractivity contribution in [3.63, 3.8) is 0 Å². The highest BCUT2D eigenvalue weighted by Crippen LogP contribution is 2.47. The third-order valence-electron chi connectivity index (χ3n) is 4.14. The van der Waals surface area contributed by atoms with Crippen LogP contribution in [0.5, 0.6) is 0 Å². The van der Waals surface area contributed by atoms with Crippen LogP contribution in [-0.2, 0) is 6.42 Å². The summed E-state index contributed by atoms with van der Waals surface area (Å²) in [6, 6.07) is 5.35. The molecule has 1 fully saturated rings. The summed E-state index contributed by atoms with van der Waals surface area (Å²) < 4.78 is 14.3. The first-order valence-corrected chi connectivity index (χ1v) is 8.00. The van der Waals surface area contributed by atoms with Gasteiger partial charge in [-0.05, 0) is 71.1 Å². The molecule has 1 aromatic carbocycles. The van der Waals surface area contributed by atoms with E-state index in [0.29, 0.717) is 4.47 Å². The van der Waals surface area contributed by atoms with Gasteiger partial charge in [-0.3, -0.25) is 0 Å². The van der Waals surface area contributed by atoms with Gasteiger partial charge in [-0.25, -0.2) is 4.39 Å². The molecule has 2 rings (SSSR count). The Bertz CT molecular complexity index is 431. The highest BCUT2D eigenvalue weighted by molar-refractivity contribution is 9.10. The fourth-order valence-electron chi connectivity index (χ4n) is 2.80. The lowest BCUT2D eigenvalue weighted by atomic mass is 9.79. The van der Waals surface area contributed by atoms with E-state index >= 15 is 0 Å². The van der Waals surface area contributed by atoms with Crippen molar-refractivity contribution in [3.05, 3.63) is 34.1 Å². The average Bonchev–Trinajstić information content (AvgIpc) is 3.20. The second kappa shape index (κ2) is 6.36. The molecule has 1 saturated carbocycles. The standard InChI is InChI=1S/C16H23BrFN/c1-3-9-19-11-16(2,13-7-8-13)10-12-5-4-6-14(18)15(12)17/h4-6,13,19H,3,7-11H2,1-2H3. The van der Waals surface area contributed by atoms with Crippen molar-refractivity contribution in [2.45, 2.75) is 39.5 Å². The van der Waals surface area contributed by atoms with E-state index in [2.05, 4.69) is 35.1 Å². The van der Waals surface area contributed by atoms with Gasteiger partial charge in [0.15, 0.2) is 0 Å². The highest BCUT2D eigenvalue weighted by atomic mass is 79.9. The van der Waals surface area contributed by atoms with Crippen molar-refractivity contribution in [2.75, 3.05) is 13.1 Å². The largest absolute Gasteiger partial charge is 0.316 e. The van der Waals surface area contributed by atoms with Crippen LogP contribution in [0.25, 0.3) is 0 Å². The van der Waals surface area contributed by atoms with Gasteiger partial charge in [-0.1, -0.05) is 26.0 Å². The Morgan fingerprint density at radius 1 is 1.42 bits per heavy atom. The minimum absolute atomic E-state index is 0.155. The molecule has 106 valence electrons. The predicted molar refractivity (Wildman–Crippen MR) is 81.8 cm³/mol. The molecule has 1 unspecified atom stereocenters. The first kappa shape index (κ1) is 15.0. The molecule has 1 nitrogen and oxygen atoms in total. The van der Waals surface area contributed by atoms with E-state index in [1.165, 1.54) is 18.9 Å². The lowest BCUT2D eigenvalue weighted by Crippen LogP contribution is -2.36. The maximum absolute atomic E-state index is 13.6. The summed E-state index contributed by atoms with van der Waals surface area (Å²) in [5, 5.41) is 3.54. The van der Waals surface area contributed by atoms with E-state index in [9.17, 15) is 4.39 Å². The number of nitrogens with one attached hydrogen (secondary N) is 1. The Hall–Kier alpha value is -0.410. The van der Waals surface area contributed by atoms with Crippen LogP contribution in [0.1, 0.15) is 38.7 Å². The predicted octanol–water partition coefficient (Wildman–Crippen LogP) is 4.55. The maximum atomic E-state index is 13.6. The molecule has 0 bridgehead atoms. The van der Waals surface area contributed by atoms with Crippen molar-refractivity contribution in [1.29, 1.82) is 0 Å². The molecule has 1 atom stereocenters. The quantitative estimate of drug-likeness (QED) is 0.724. The van der Waals surface area contributed by atoms with Gasteiger partial charge in [0.25, 0.3) is 0 Å². The third-order valence-corrected chi connectivity index (χ3v) is 5.03. The summed E-state index contributed by atoms with van der Waals surface area (Å²) in [7, 11) is 0. The zero-order valence-corrected chi connectivity index (χ0v) is 13.4. The van der Waals surface area contributed by atoms with Gasteiger partial charge in [-0.2, -0.15) is 0 Å². The Balaban J connectivity index is 2.09. The molecule has 0 heterocycles. The van der Waals surface area contributed by atoms with Crippen molar-refractivity contribution in [1.82, 2.24) is 5.32 Å². The van der Waals surface area contributed by atoms with E-state index in [4.69, 9.17) is 0 Å². The molecule has 1 N–H and O–H groups in total. The summed E-state index contributed by atoms with van der Waals surface area (Å²) in [6.45, 7) is 6.61. The zero-order chi connectivity index (χ0) is 13.9. The topological polar surface area (TPSA) is 12.0 Å². The Labute approximate surface area is 124 Å². The molecular weight excluding hydrogens is 305 g/mol. The Morgan fingerprint density at radius 3 is 2.79 bits per heavy atom. The normalized spacial score (nSPS) is 18.3. The third kappa shape index (κ3) is 3.79. The molecule has 0 radical (unpaired) electrons. The molecule has 0 saturated heterocycles. The van der Waals surface area contributed by atoms with E-state index in [1.807, 2.05) is 12.1 Å². The van der Waals surface area contributed by atoms with Gasteiger partial charge in [0.05, 0.1) is 4.47 Å². The van der Waals surface area contributed by atoms with Crippen LogP contribution in [0.4, 0.5) is 4.39 Å². The molecule has 0 spiro atoms.